The van der Waals surface area contributed by atoms with Crippen molar-refractivity contribution in [3.05, 3.63) is 83.9 Å². The van der Waals surface area contributed by atoms with E-state index in [2.05, 4.69) is 19.8 Å². The van der Waals surface area contributed by atoms with Crippen molar-refractivity contribution in [3.63, 3.8) is 0 Å². The summed E-state index contributed by atoms with van der Waals surface area (Å²) in [4.78, 5) is 7.73. The van der Waals surface area contributed by atoms with Crippen LogP contribution in [0.2, 0.25) is 0 Å². The van der Waals surface area contributed by atoms with Gasteiger partial charge in [0.25, 0.3) is 10.0 Å². The van der Waals surface area contributed by atoms with Gasteiger partial charge >= 0.3 is 6.18 Å². The maximum atomic E-state index is 13.5. The molecule has 4 aromatic rings. The molecule has 12 heteroatoms. The molecule has 0 aliphatic carbocycles. The highest BCUT2D eigenvalue weighted by molar-refractivity contribution is 7.92. The maximum Gasteiger partial charge on any atom is 0.416 e. The molecule has 0 saturated carbocycles. The van der Waals surface area contributed by atoms with Crippen molar-refractivity contribution in [2.45, 2.75) is 23.4 Å². The zero-order chi connectivity index (χ0) is 25.5. The van der Waals surface area contributed by atoms with Crippen LogP contribution in [0.5, 0.6) is 5.75 Å². The van der Waals surface area contributed by atoms with E-state index < -0.39 is 21.8 Å². The minimum Gasteiger partial charge on any atom is -0.493 e. The van der Waals surface area contributed by atoms with E-state index in [4.69, 9.17) is 4.74 Å². The van der Waals surface area contributed by atoms with Crippen LogP contribution in [0.1, 0.15) is 29.0 Å². The third-order valence-corrected chi connectivity index (χ3v) is 7.34. The largest absolute Gasteiger partial charge is 0.493 e. The molecular weight excluding hydrogens is 495 g/mol. The zero-order valence-electron chi connectivity index (χ0n) is 18.9. The molecule has 0 radical (unpaired) electrons. The van der Waals surface area contributed by atoms with Crippen molar-refractivity contribution in [1.82, 2.24) is 19.7 Å². The third-order valence-electron chi connectivity index (χ3n) is 5.99. The molecule has 0 bridgehead atoms. The van der Waals surface area contributed by atoms with Gasteiger partial charge in [0.2, 0.25) is 0 Å². The van der Waals surface area contributed by atoms with Crippen LogP contribution in [0.25, 0.3) is 11.3 Å². The number of nitrogens with one attached hydrogen (secondary N) is 1. The lowest BCUT2D eigenvalue weighted by molar-refractivity contribution is -0.137. The summed E-state index contributed by atoms with van der Waals surface area (Å²) in [5.41, 5.74) is 1.54. The van der Waals surface area contributed by atoms with Gasteiger partial charge < -0.3 is 4.74 Å². The van der Waals surface area contributed by atoms with E-state index in [-0.39, 0.29) is 23.2 Å². The van der Waals surface area contributed by atoms with Crippen LogP contribution in [-0.2, 0) is 23.2 Å². The number of rotatable bonds is 5. The van der Waals surface area contributed by atoms with Crippen molar-refractivity contribution in [3.8, 4) is 17.0 Å². The summed E-state index contributed by atoms with van der Waals surface area (Å²) >= 11 is 0. The summed E-state index contributed by atoms with van der Waals surface area (Å²) < 4.78 is 76.0. The van der Waals surface area contributed by atoms with E-state index >= 15 is 0 Å². The number of halogens is 3. The molecule has 2 aromatic carbocycles. The first-order valence-electron chi connectivity index (χ1n) is 10.9. The molecule has 1 unspecified atom stereocenters. The van der Waals surface area contributed by atoms with Crippen molar-refractivity contribution >= 4 is 15.8 Å². The molecule has 5 rings (SSSR count). The number of nitrogens with zero attached hydrogens (tertiary/aromatic N) is 4. The molecule has 0 spiro atoms. The molecule has 8 nitrogen and oxygen atoms in total. The van der Waals surface area contributed by atoms with Crippen LogP contribution in [0.4, 0.5) is 19.0 Å². The smallest absolute Gasteiger partial charge is 0.416 e. The van der Waals surface area contributed by atoms with E-state index in [1.807, 2.05) is 0 Å². The highest BCUT2D eigenvalue weighted by Gasteiger charge is 2.33. The van der Waals surface area contributed by atoms with Gasteiger partial charge in [0.1, 0.15) is 5.75 Å². The minimum atomic E-state index is -4.50. The van der Waals surface area contributed by atoms with Gasteiger partial charge in [-0.2, -0.15) is 18.3 Å². The molecule has 36 heavy (non-hydrogen) atoms. The monoisotopic (exact) mass is 515 g/mol. The predicted molar refractivity (Wildman–Crippen MR) is 125 cm³/mol. The van der Waals surface area contributed by atoms with Gasteiger partial charge in [0, 0.05) is 48.7 Å². The van der Waals surface area contributed by atoms with Gasteiger partial charge in [0.15, 0.2) is 5.82 Å². The number of hydrogen-bond acceptors (Lipinski definition) is 6. The average molecular weight is 516 g/mol. The first-order chi connectivity index (χ1) is 17.1. The van der Waals surface area contributed by atoms with Crippen LogP contribution in [0.3, 0.4) is 0 Å². The topological polar surface area (TPSA) is 99.0 Å². The Labute approximate surface area is 204 Å². The number of benzene rings is 2. The van der Waals surface area contributed by atoms with Crippen molar-refractivity contribution in [1.29, 1.82) is 0 Å². The fourth-order valence-corrected chi connectivity index (χ4v) is 5.31. The number of hydrogen-bond donors (Lipinski definition) is 1. The van der Waals surface area contributed by atoms with E-state index in [1.165, 1.54) is 47.7 Å². The molecule has 2 aromatic heterocycles. The minimum absolute atomic E-state index is 0.0353. The van der Waals surface area contributed by atoms with Gasteiger partial charge in [-0.1, -0.05) is 12.1 Å². The molecule has 1 N–H and O–H groups in total. The molecule has 0 saturated heterocycles. The molecule has 1 aliphatic heterocycles. The van der Waals surface area contributed by atoms with Crippen molar-refractivity contribution in [2.24, 2.45) is 7.05 Å². The quantitative estimate of drug-likeness (QED) is 0.417. The van der Waals surface area contributed by atoms with E-state index in [0.717, 1.165) is 12.1 Å². The van der Waals surface area contributed by atoms with E-state index in [9.17, 15) is 21.6 Å². The maximum absolute atomic E-state index is 13.5. The Morgan fingerprint density at radius 2 is 1.86 bits per heavy atom. The average Bonchev–Trinajstić information content (AvgIpc) is 3.28. The normalized spacial score (nSPS) is 15.7. The SMILES string of the molecule is Cn1nccc1-c1cc(C(F)(F)F)ccc1C1CCOc2cc(S(=O)(=O)Nc3cnccn3)ccc21. The summed E-state index contributed by atoms with van der Waals surface area (Å²) in [6.07, 6.45) is 1.60. The fourth-order valence-electron chi connectivity index (χ4n) is 4.30. The van der Waals surface area contributed by atoms with Crippen molar-refractivity contribution in [2.75, 3.05) is 11.3 Å². The number of anilines is 1. The lowest BCUT2D eigenvalue weighted by atomic mass is 9.83. The number of aromatic nitrogens is 4. The second-order valence-electron chi connectivity index (χ2n) is 8.23. The highest BCUT2D eigenvalue weighted by atomic mass is 32.2. The first-order valence-corrected chi connectivity index (χ1v) is 12.4. The molecule has 186 valence electrons. The number of ether oxygens (including phenoxy) is 1. The Morgan fingerprint density at radius 3 is 2.56 bits per heavy atom. The molecule has 0 fully saturated rings. The Bertz CT molecular complexity index is 1520. The van der Waals surface area contributed by atoms with E-state index in [1.54, 1.807) is 19.2 Å². The molecule has 3 heterocycles. The second kappa shape index (κ2) is 8.94. The molecule has 0 amide bonds. The summed E-state index contributed by atoms with van der Waals surface area (Å²) in [6, 6.07) is 9.81. The van der Waals surface area contributed by atoms with Crippen LogP contribution < -0.4 is 9.46 Å². The number of sulfonamides is 1. The summed E-state index contributed by atoms with van der Waals surface area (Å²) in [6.45, 7) is 0.268. The Kier molecular flexibility index (Phi) is 5.91. The van der Waals surface area contributed by atoms with Gasteiger partial charge in [-0.15, -0.1) is 0 Å². The molecular formula is C24H20F3N5O3S. The lowest BCUT2D eigenvalue weighted by Gasteiger charge is -2.28. The second-order valence-corrected chi connectivity index (χ2v) is 9.91. The van der Waals surface area contributed by atoms with Crippen LogP contribution in [-0.4, -0.2) is 34.8 Å². The number of fused-ring (bicyclic) bond motifs is 1. The Balaban J connectivity index is 1.56. The van der Waals surface area contributed by atoms with Crippen LogP contribution >= 0.6 is 0 Å². The van der Waals surface area contributed by atoms with Crippen LogP contribution in [0.15, 0.2) is 72.1 Å². The van der Waals surface area contributed by atoms with Gasteiger partial charge in [-0.05, 0) is 36.2 Å². The predicted octanol–water partition coefficient (Wildman–Crippen LogP) is 4.61. The summed E-state index contributed by atoms with van der Waals surface area (Å²) in [5.74, 6) is 0.106. The molecule has 1 atom stereocenters. The Morgan fingerprint density at radius 1 is 1.06 bits per heavy atom. The number of alkyl halides is 3. The highest BCUT2D eigenvalue weighted by Crippen LogP contribution is 2.44. The number of aryl methyl sites for hydroxylation is 1. The molecule has 1 aliphatic rings. The van der Waals surface area contributed by atoms with Gasteiger partial charge in [-0.25, -0.2) is 13.4 Å². The zero-order valence-corrected chi connectivity index (χ0v) is 19.7. The fraction of sp³-hybridized carbons (Fsp3) is 0.208. The van der Waals surface area contributed by atoms with Crippen molar-refractivity contribution < 1.29 is 26.3 Å². The Hall–Kier alpha value is -3.93. The summed E-state index contributed by atoms with van der Waals surface area (Å²) in [5, 5.41) is 4.12. The third kappa shape index (κ3) is 4.51. The van der Waals surface area contributed by atoms with Crippen LogP contribution in [0, 0.1) is 0 Å². The van der Waals surface area contributed by atoms with E-state index in [0.29, 0.717) is 34.6 Å². The van der Waals surface area contributed by atoms with Gasteiger partial charge in [0.05, 0.1) is 29.0 Å². The van der Waals surface area contributed by atoms with Gasteiger partial charge in [-0.3, -0.25) is 14.4 Å². The first kappa shape index (κ1) is 23.8. The standard InChI is InChI=1S/C24H20F3N5O3S/c1-32-21(6-8-30-32)20-12-15(24(25,26)27)2-4-17(20)18-7-11-35-22-13-16(3-5-19(18)22)36(33,34)31-23-14-28-9-10-29-23/h2-6,8-10,12-14,18H,7,11H2,1H3,(H,29,31). The lowest BCUT2D eigenvalue weighted by Crippen LogP contribution is -2.19. The summed E-state index contributed by atoms with van der Waals surface area (Å²) in [7, 11) is -2.30.